The minimum atomic E-state index is -0.825. The molecule has 0 unspecified atom stereocenters. The summed E-state index contributed by atoms with van der Waals surface area (Å²) in [6, 6.07) is 31.4. The zero-order chi connectivity index (χ0) is 27.2. The highest BCUT2D eigenvalue weighted by molar-refractivity contribution is 5.47. The summed E-state index contributed by atoms with van der Waals surface area (Å²) >= 11 is 0. The number of ether oxygens (including phenoxy) is 4. The zero-order valence-corrected chi connectivity index (χ0v) is 23.4. The Morgan fingerprint density at radius 1 is 0.775 bits per heavy atom. The highest BCUT2D eigenvalue weighted by atomic mass is 16.8. The molecule has 7 rings (SSSR count). The van der Waals surface area contributed by atoms with E-state index in [1.165, 1.54) is 19.3 Å². The van der Waals surface area contributed by atoms with E-state index in [2.05, 4.69) is 72.8 Å². The Hall–Kier alpha value is -2.58. The number of hydroxylamine groups is 2. The maximum absolute atomic E-state index is 7.13. The average molecular weight is 542 g/mol. The van der Waals surface area contributed by atoms with Crippen LogP contribution in [0.3, 0.4) is 0 Å². The molecular weight excluding hydrogens is 502 g/mol. The first-order chi connectivity index (χ1) is 19.5. The van der Waals surface area contributed by atoms with Crippen LogP contribution in [0.4, 0.5) is 0 Å². The van der Waals surface area contributed by atoms with E-state index in [9.17, 15) is 0 Å². The normalized spacial score (nSPS) is 31.6. The number of fused-ring (bicyclic) bond motifs is 2. The molecule has 0 aromatic heterocycles. The SMILES string of the molecule is CC1(C)O[C@H]2[C@H](O1)[C@H](N1C[C@H]3CCCC[C@H]3O1)O[C@H]2COC(c1ccccc1)(c1ccccc1)c1ccccc1. The minimum Gasteiger partial charge on any atom is -0.358 e. The fraction of sp³-hybridized carbons (Fsp3) is 0.471. The summed E-state index contributed by atoms with van der Waals surface area (Å²) in [4.78, 5) is 6.46. The topological polar surface area (TPSA) is 49.4 Å². The Morgan fingerprint density at radius 2 is 1.32 bits per heavy atom. The van der Waals surface area contributed by atoms with Gasteiger partial charge in [-0.15, -0.1) is 0 Å². The molecule has 0 N–H and O–H groups in total. The number of hydrogen-bond donors (Lipinski definition) is 0. The molecule has 0 spiro atoms. The lowest BCUT2D eigenvalue weighted by molar-refractivity contribution is -0.278. The number of nitrogens with zero attached hydrogens (tertiary/aromatic N) is 1. The van der Waals surface area contributed by atoms with E-state index in [1.807, 2.05) is 37.1 Å². The van der Waals surface area contributed by atoms with E-state index in [4.69, 9.17) is 23.8 Å². The monoisotopic (exact) mass is 541 g/mol. The van der Waals surface area contributed by atoms with Crippen molar-refractivity contribution >= 4 is 0 Å². The number of rotatable bonds is 7. The first kappa shape index (κ1) is 26.3. The van der Waals surface area contributed by atoms with Crippen molar-refractivity contribution in [2.75, 3.05) is 13.2 Å². The second kappa shape index (κ2) is 10.7. The van der Waals surface area contributed by atoms with Gasteiger partial charge in [-0.3, -0.25) is 4.84 Å². The Morgan fingerprint density at radius 3 is 1.90 bits per heavy atom. The third kappa shape index (κ3) is 4.71. The van der Waals surface area contributed by atoms with Crippen LogP contribution in [0.2, 0.25) is 0 Å². The van der Waals surface area contributed by atoms with Gasteiger partial charge in [0, 0.05) is 12.5 Å². The molecule has 6 nitrogen and oxygen atoms in total. The molecule has 3 saturated heterocycles. The first-order valence-electron chi connectivity index (χ1n) is 14.8. The van der Waals surface area contributed by atoms with E-state index >= 15 is 0 Å². The Balaban J connectivity index is 1.21. The molecule has 0 radical (unpaired) electrons. The molecule has 3 aromatic rings. The highest BCUT2D eigenvalue weighted by Crippen LogP contribution is 2.45. The summed E-state index contributed by atoms with van der Waals surface area (Å²) in [6.07, 6.45) is 3.97. The second-order valence-corrected chi connectivity index (χ2v) is 12.0. The average Bonchev–Trinajstić information content (AvgIpc) is 3.66. The molecule has 6 heteroatoms. The molecule has 3 aliphatic heterocycles. The predicted octanol–water partition coefficient (Wildman–Crippen LogP) is 6.05. The molecule has 1 saturated carbocycles. The lowest BCUT2D eigenvalue weighted by atomic mass is 9.80. The molecule has 3 heterocycles. The third-order valence-electron chi connectivity index (χ3n) is 8.94. The molecule has 0 bridgehead atoms. The van der Waals surface area contributed by atoms with Gasteiger partial charge in [0.1, 0.15) is 23.9 Å². The van der Waals surface area contributed by atoms with E-state index < -0.39 is 11.4 Å². The van der Waals surface area contributed by atoms with Crippen LogP contribution in [-0.2, 0) is 29.4 Å². The molecular formula is C34H39NO5. The molecule has 210 valence electrons. The van der Waals surface area contributed by atoms with Gasteiger partial charge in [-0.2, -0.15) is 5.06 Å². The van der Waals surface area contributed by atoms with E-state index in [1.54, 1.807) is 0 Å². The van der Waals surface area contributed by atoms with Gasteiger partial charge in [-0.25, -0.2) is 0 Å². The largest absolute Gasteiger partial charge is 0.358 e. The zero-order valence-electron chi connectivity index (χ0n) is 23.4. The van der Waals surface area contributed by atoms with Crippen molar-refractivity contribution in [1.29, 1.82) is 0 Å². The van der Waals surface area contributed by atoms with E-state index in [-0.39, 0.29) is 30.6 Å². The summed E-state index contributed by atoms with van der Waals surface area (Å²) in [5.41, 5.74) is 2.37. The lowest BCUT2D eigenvalue weighted by Crippen LogP contribution is -2.42. The van der Waals surface area contributed by atoms with Gasteiger partial charge in [0.05, 0.1) is 12.7 Å². The Labute approximate surface area is 237 Å². The highest BCUT2D eigenvalue weighted by Gasteiger charge is 2.59. The Bertz CT molecular complexity index is 1160. The van der Waals surface area contributed by atoms with Gasteiger partial charge in [-0.1, -0.05) is 104 Å². The summed E-state index contributed by atoms with van der Waals surface area (Å²) in [6.45, 7) is 5.16. The lowest BCUT2D eigenvalue weighted by Gasteiger charge is -2.37. The molecule has 4 aliphatic rings. The fourth-order valence-electron chi connectivity index (χ4n) is 7.13. The smallest absolute Gasteiger partial charge is 0.164 e. The van der Waals surface area contributed by atoms with Crippen LogP contribution in [0.1, 0.15) is 56.2 Å². The van der Waals surface area contributed by atoms with E-state index in [0.717, 1.165) is 29.7 Å². The maximum Gasteiger partial charge on any atom is 0.164 e. The van der Waals surface area contributed by atoms with Crippen LogP contribution in [0.25, 0.3) is 0 Å². The van der Waals surface area contributed by atoms with Crippen LogP contribution in [0.15, 0.2) is 91.0 Å². The van der Waals surface area contributed by atoms with Crippen LogP contribution in [-0.4, -0.2) is 54.6 Å². The van der Waals surface area contributed by atoms with Crippen molar-refractivity contribution < 1.29 is 23.8 Å². The van der Waals surface area contributed by atoms with Crippen LogP contribution >= 0.6 is 0 Å². The molecule has 4 fully saturated rings. The maximum atomic E-state index is 7.13. The van der Waals surface area contributed by atoms with Crippen molar-refractivity contribution in [2.45, 2.75) is 81.6 Å². The van der Waals surface area contributed by atoms with Crippen LogP contribution in [0, 0.1) is 5.92 Å². The minimum absolute atomic E-state index is 0.247. The van der Waals surface area contributed by atoms with Gasteiger partial charge in [0.2, 0.25) is 0 Å². The summed E-state index contributed by atoms with van der Waals surface area (Å²) in [5.74, 6) is -0.138. The van der Waals surface area contributed by atoms with Crippen molar-refractivity contribution in [1.82, 2.24) is 5.06 Å². The molecule has 1 aliphatic carbocycles. The van der Waals surface area contributed by atoms with Gasteiger partial charge in [0.15, 0.2) is 12.0 Å². The summed E-state index contributed by atoms with van der Waals surface area (Å²) in [5, 5.41) is 2.04. The van der Waals surface area contributed by atoms with Gasteiger partial charge >= 0.3 is 0 Å². The molecule has 6 atom stereocenters. The standard InChI is InChI=1S/C34H39NO5/c1-33(2)38-30-29(37-32(31(30)39-33)35-22-24-14-12-13-21-28(24)40-35)23-36-34(25-15-6-3-7-16-25,26-17-8-4-9-18-26)27-19-10-5-11-20-27/h3-11,15-20,24,28-32H,12-14,21-23H2,1-2H3/t24-,28-,29+,30-,31+,32-/m1/s1. The van der Waals surface area contributed by atoms with Crippen LogP contribution in [0.5, 0.6) is 0 Å². The molecule has 0 amide bonds. The van der Waals surface area contributed by atoms with Gasteiger partial charge < -0.3 is 18.9 Å². The van der Waals surface area contributed by atoms with Crippen LogP contribution < -0.4 is 0 Å². The number of benzene rings is 3. The predicted molar refractivity (Wildman–Crippen MR) is 151 cm³/mol. The first-order valence-corrected chi connectivity index (χ1v) is 14.8. The fourth-order valence-corrected chi connectivity index (χ4v) is 7.13. The van der Waals surface area contributed by atoms with Crippen molar-refractivity contribution in [3.63, 3.8) is 0 Å². The van der Waals surface area contributed by atoms with Crippen molar-refractivity contribution in [2.24, 2.45) is 5.92 Å². The molecule has 3 aromatic carbocycles. The van der Waals surface area contributed by atoms with Crippen molar-refractivity contribution in [3.05, 3.63) is 108 Å². The second-order valence-electron chi connectivity index (χ2n) is 12.0. The Kier molecular flexibility index (Phi) is 7.03. The quantitative estimate of drug-likeness (QED) is 0.340. The summed E-state index contributed by atoms with van der Waals surface area (Å²) < 4.78 is 26.8. The van der Waals surface area contributed by atoms with Gasteiger partial charge in [0.25, 0.3) is 0 Å². The summed E-state index contributed by atoms with van der Waals surface area (Å²) in [7, 11) is 0. The third-order valence-corrected chi connectivity index (χ3v) is 8.94. The number of hydrogen-bond acceptors (Lipinski definition) is 6. The van der Waals surface area contributed by atoms with Gasteiger partial charge in [-0.05, 0) is 43.4 Å². The van der Waals surface area contributed by atoms with Crippen molar-refractivity contribution in [3.8, 4) is 0 Å². The molecule has 40 heavy (non-hydrogen) atoms. The van der Waals surface area contributed by atoms with E-state index in [0.29, 0.717) is 12.5 Å².